The highest BCUT2D eigenvalue weighted by atomic mass is 19.1. The second-order valence-electron chi connectivity index (χ2n) is 5.22. The van der Waals surface area contributed by atoms with E-state index in [2.05, 4.69) is 0 Å². The van der Waals surface area contributed by atoms with Crippen LogP contribution in [0.1, 0.15) is 30.1 Å². The summed E-state index contributed by atoms with van der Waals surface area (Å²) in [7, 11) is 0. The van der Waals surface area contributed by atoms with Crippen LogP contribution in [0.3, 0.4) is 0 Å². The first-order valence-corrected chi connectivity index (χ1v) is 6.97. The molecule has 0 spiro atoms. The van der Waals surface area contributed by atoms with Gasteiger partial charge < -0.3 is 14.6 Å². The fraction of sp³-hybridized carbons (Fsp3) is 0.294. The minimum absolute atomic E-state index is 0.108. The predicted molar refractivity (Wildman–Crippen MR) is 77.2 cm³/mol. The number of aliphatic hydroxyl groups excluding tert-OH is 1. The number of hydrogen-bond donors (Lipinski definition) is 1. The molecule has 4 heteroatoms. The number of hydrogen-bond acceptors (Lipinski definition) is 3. The minimum atomic E-state index is -0.691. The predicted octanol–water partition coefficient (Wildman–Crippen LogP) is 3.43. The Bertz CT molecular complexity index is 640. The second kappa shape index (κ2) is 5.74. The van der Waals surface area contributed by atoms with E-state index in [1.54, 1.807) is 19.1 Å². The van der Waals surface area contributed by atoms with E-state index in [1.807, 2.05) is 24.3 Å². The van der Waals surface area contributed by atoms with E-state index in [-0.39, 0.29) is 11.7 Å². The van der Waals surface area contributed by atoms with E-state index in [0.29, 0.717) is 18.8 Å². The van der Waals surface area contributed by atoms with Crippen molar-refractivity contribution in [1.82, 2.24) is 0 Å². The van der Waals surface area contributed by atoms with Gasteiger partial charge in [-0.15, -0.1) is 0 Å². The van der Waals surface area contributed by atoms with Gasteiger partial charge in [-0.25, -0.2) is 4.39 Å². The third-order valence-corrected chi connectivity index (χ3v) is 3.68. The summed E-state index contributed by atoms with van der Waals surface area (Å²) in [5.74, 6) is 0.720. The summed E-state index contributed by atoms with van der Waals surface area (Å²) in [6.07, 6.45) is -0.691. The quantitative estimate of drug-likeness (QED) is 0.936. The number of fused-ring (bicyclic) bond motifs is 1. The lowest BCUT2D eigenvalue weighted by molar-refractivity contribution is 0.198. The summed E-state index contributed by atoms with van der Waals surface area (Å²) < 4.78 is 25.1. The first-order chi connectivity index (χ1) is 10.1. The van der Waals surface area contributed by atoms with Gasteiger partial charge in [0, 0.05) is 5.56 Å². The number of halogens is 1. The highest BCUT2D eigenvalue weighted by Gasteiger charge is 2.24. The molecule has 0 saturated carbocycles. The zero-order valence-corrected chi connectivity index (χ0v) is 11.8. The maximum atomic E-state index is 13.9. The van der Waals surface area contributed by atoms with Crippen LogP contribution in [0, 0.1) is 5.82 Å². The van der Waals surface area contributed by atoms with Crippen molar-refractivity contribution in [2.45, 2.75) is 18.9 Å². The zero-order valence-electron chi connectivity index (χ0n) is 11.8. The summed E-state index contributed by atoms with van der Waals surface area (Å²) in [6.45, 7) is 2.51. The molecule has 2 atom stereocenters. The SMILES string of the molecule is C[C@H](O)c1ccc(OCC2COc3ccccc32)c(F)c1. The van der Waals surface area contributed by atoms with Crippen molar-refractivity contribution in [3.05, 3.63) is 59.4 Å². The Morgan fingerprint density at radius 1 is 1.33 bits per heavy atom. The number of ether oxygens (including phenoxy) is 2. The lowest BCUT2D eigenvalue weighted by Crippen LogP contribution is -2.12. The molecule has 110 valence electrons. The smallest absolute Gasteiger partial charge is 0.165 e. The molecule has 21 heavy (non-hydrogen) atoms. The van der Waals surface area contributed by atoms with Gasteiger partial charge in [-0.1, -0.05) is 24.3 Å². The molecule has 1 heterocycles. The molecule has 0 aliphatic carbocycles. The molecule has 0 bridgehead atoms. The third-order valence-electron chi connectivity index (χ3n) is 3.68. The highest BCUT2D eigenvalue weighted by Crippen LogP contribution is 2.34. The Labute approximate surface area is 122 Å². The van der Waals surface area contributed by atoms with Crippen molar-refractivity contribution < 1.29 is 19.0 Å². The summed E-state index contributed by atoms with van der Waals surface area (Å²) >= 11 is 0. The van der Waals surface area contributed by atoms with Gasteiger partial charge in [0.15, 0.2) is 11.6 Å². The summed E-state index contributed by atoms with van der Waals surface area (Å²) in [5.41, 5.74) is 1.63. The molecular weight excluding hydrogens is 271 g/mol. The Morgan fingerprint density at radius 2 is 2.14 bits per heavy atom. The summed E-state index contributed by atoms with van der Waals surface area (Å²) in [4.78, 5) is 0. The number of benzene rings is 2. The maximum Gasteiger partial charge on any atom is 0.165 e. The lowest BCUT2D eigenvalue weighted by atomic mass is 10.0. The largest absolute Gasteiger partial charge is 0.493 e. The standard InChI is InChI=1S/C17H17FO3/c1-11(19)12-6-7-17(15(18)8-12)21-10-13-9-20-16-5-3-2-4-14(13)16/h2-8,11,13,19H,9-10H2,1H3/t11-,13?/m0/s1. The van der Waals surface area contributed by atoms with Crippen LogP contribution in [0.2, 0.25) is 0 Å². The number of rotatable bonds is 4. The summed E-state index contributed by atoms with van der Waals surface area (Å²) in [5, 5.41) is 9.43. The third kappa shape index (κ3) is 2.85. The van der Waals surface area contributed by atoms with E-state index < -0.39 is 11.9 Å². The Balaban J connectivity index is 1.69. The van der Waals surface area contributed by atoms with Gasteiger partial charge in [0.05, 0.1) is 25.2 Å². The molecule has 0 radical (unpaired) electrons. The Hall–Kier alpha value is -2.07. The first-order valence-electron chi connectivity index (χ1n) is 6.97. The monoisotopic (exact) mass is 288 g/mol. The normalized spacial score (nSPS) is 18.0. The Morgan fingerprint density at radius 3 is 2.90 bits per heavy atom. The van der Waals surface area contributed by atoms with Crippen LogP contribution < -0.4 is 9.47 Å². The average Bonchev–Trinajstić information content (AvgIpc) is 2.89. The molecule has 0 amide bonds. The molecule has 2 aromatic carbocycles. The minimum Gasteiger partial charge on any atom is -0.493 e. The van der Waals surface area contributed by atoms with Crippen LogP contribution in [-0.4, -0.2) is 18.3 Å². The van der Waals surface area contributed by atoms with Crippen molar-refractivity contribution >= 4 is 0 Å². The topological polar surface area (TPSA) is 38.7 Å². The molecule has 0 saturated heterocycles. The van der Waals surface area contributed by atoms with Gasteiger partial charge in [0.25, 0.3) is 0 Å². The van der Waals surface area contributed by atoms with Crippen LogP contribution >= 0.6 is 0 Å². The molecule has 0 aromatic heterocycles. The fourth-order valence-corrected chi connectivity index (χ4v) is 2.45. The molecule has 1 N–H and O–H groups in total. The van der Waals surface area contributed by atoms with Crippen LogP contribution in [0.5, 0.6) is 11.5 Å². The van der Waals surface area contributed by atoms with E-state index in [0.717, 1.165) is 11.3 Å². The molecule has 1 unspecified atom stereocenters. The molecule has 3 nitrogen and oxygen atoms in total. The number of para-hydroxylation sites is 1. The van der Waals surface area contributed by atoms with Gasteiger partial charge in [0.2, 0.25) is 0 Å². The van der Waals surface area contributed by atoms with Crippen molar-refractivity contribution in [2.75, 3.05) is 13.2 Å². The van der Waals surface area contributed by atoms with E-state index in [9.17, 15) is 9.50 Å². The fourth-order valence-electron chi connectivity index (χ4n) is 2.45. The van der Waals surface area contributed by atoms with Gasteiger partial charge in [-0.3, -0.25) is 0 Å². The van der Waals surface area contributed by atoms with Crippen LogP contribution in [-0.2, 0) is 0 Å². The van der Waals surface area contributed by atoms with Gasteiger partial charge in [-0.2, -0.15) is 0 Å². The lowest BCUT2D eigenvalue weighted by Gasteiger charge is -2.13. The van der Waals surface area contributed by atoms with E-state index in [1.165, 1.54) is 6.07 Å². The van der Waals surface area contributed by atoms with Crippen LogP contribution in [0.4, 0.5) is 4.39 Å². The highest BCUT2D eigenvalue weighted by molar-refractivity contribution is 5.40. The van der Waals surface area contributed by atoms with Gasteiger partial charge >= 0.3 is 0 Å². The van der Waals surface area contributed by atoms with E-state index >= 15 is 0 Å². The van der Waals surface area contributed by atoms with Gasteiger partial charge in [-0.05, 0) is 30.7 Å². The number of aliphatic hydroxyl groups is 1. The van der Waals surface area contributed by atoms with Crippen LogP contribution in [0.25, 0.3) is 0 Å². The molecule has 3 rings (SSSR count). The van der Waals surface area contributed by atoms with Crippen LogP contribution in [0.15, 0.2) is 42.5 Å². The van der Waals surface area contributed by atoms with Gasteiger partial charge in [0.1, 0.15) is 5.75 Å². The molecular formula is C17H17FO3. The van der Waals surface area contributed by atoms with E-state index in [4.69, 9.17) is 9.47 Å². The van der Waals surface area contributed by atoms with Crippen molar-refractivity contribution in [3.8, 4) is 11.5 Å². The average molecular weight is 288 g/mol. The van der Waals surface area contributed by atoms with Crippen molar-refractivity contribution in [2.24, 2.45) is 0 Å². The molecule has 1 aliphatic rings. The second-order valence-corrected chi connectivity index (χ2v) is 5.22. The Kier molecular flexibility index (Phi) is 3.80. The van der Waals surface area contributed by atoms with Crippen molar-refractivity contribution in [1.29, 1.82) is 0 Å². The zero-order chi connectivity index (χ0) is 14.8. The maximum absolute atomic E-state index is 13.9. The van der Waals surface area contributed by atoms with Crippen molar-refractivity contribution in [3.63, 3.8) is 0 Å². The molecule has 0 fully saturated rings. The molecule has 1 aliphatic heterocycles. The molecule has 2 aromatic rings. The first kappa shape index (κ1) is 13.9. The summed E-state index contributed by atoms with van der Waals surface area (Å²) in [6, 6.07) is 12.3.